The highest BCUT2D eigenvalue weighted by Gasteiger charge is 2.23. The summed E-state index contributed by atoms with van der Waals surface area (Å²) in [4.78, 5) is 22.9. The molecule has 1 heterocycles. The molecule has 3 aromatic carbocycles. The third-order valence-corrected chi connectivity index (χ3v) is 4.75. The summed E-state index contributed by atoms with van der Waals surface area (Å²) in [6.07, 6.45) is 0.799. The van der Waals surface area contributed by atoms with E-state index in [4.69, 9.17) is 0 Å². The van der Waals surface area contributed by atoms with Gasteiger partial charge in [0, 0.05) is 23.3 Å². The number of aromatic nitrogens is 1. The van der Waals surface area contributed by atoms with Gasteiger partial charge in [0.2, 0.25) is 11.0 Å². The van der Waals surface area contributed by atoms with E-state index >= 15 is 0 Å². The molecular weight excluding hydrogens is 326 g/mol. The number of carboxylic acids is 1. The molecule has 1 aromatic heterocycles. The lowest BCUT2D eigenvalue weighted by Crippen LogP contribution is -2.30. The molecule has 1 N–H and O–H groups in total. The Morgan fingerprint density at radius 1 is 0.923 bits per heavy atom. The predicted molar refractivity (Wildman–Crippen MR) is 100 cm³/mol. The molecule has 0 bridgehead atoms. The van der Waals surface area contributed by atoms with Crippen molar-refractivity contribution in [2.45, 2.75) is 0 Å². The summed E-state index contributed by atoms with van der Waals surface area (Å²) in [6.45, 7) is 0. The quantitative estimate of drug-likeness (QED) is 0.348. The molecule has 26 heavy (non-hydrogen) atoms. The molecule has 0 aliphatic heterocycles. The van der Waals surface area contributed by atoms with E-state index < -0.39 is 5.97 Å². The minimum absolute atomic E-state index is 0.262. The molecule has 0 aliphatic carbocycles. The van der Waals surface area contributed by atoms with E-state index in [2.05, 4.69) is 0 Å². The van der Waals surface area contributed by atoms with E-state index in [1.807, 2.05) is 54.1 Å². The Labute approximate surface area is 149 Å². The Hall–Kier alpha value is -3.53. The summed E-state index contributed by atoms with van der Waals surface area (Å²) in [6, 6.07) is 20.5. The molecule has 126 valence electrons. The molecule has 0 saturated heterocycles. The molecule has 4 aromatic rings. The second-order valence-corrected chi connectivity index (χ2v) is 6.20. The van der Waals surface area contributed by atoms with Crippen molar-refractivity contribution in [3.05, 3.63) is 77.9 Å². The second kappa shape index (κ2) is 6.08. The SMILES string of the molecule is C[n+]1c2ccccc2c(-c2ccc(C=O)cc2)c2c(C(=O)O)cccc21. The lowest BCUT2D eigenvalue weighted by atomic mass is 9.92. The van der Waals surface area contributed by atoms with Crippen molar-refractivity contribution in [3.8, 4) is 11.1 Å². The number of carboxylic acid groups (broad SMARTS) is 1. The van der Waals surface area contributed by atoms with Crippen LogP contribution in [0.1, 0.15) is 20.7 Å². The summed E-state index contributed by atoms with van der Waals surface area (Å²) in [7, 11) is 1.94. The zero-order chi connectivity index (χ0) is 18.3. The van der Waals surface area contributed by atoms with E-state index in [1.54, 1.807) is 24.3 Å². The van der Waals surface area contributed by atoms with Crippen molar-refractivity contribution in [3.63, 3.8) is 0 Å². The van der Waals surface area contributed by atoms with Gasteiger partial charge in [-0.2, -0.15) is 4.57 Å². The molecule has 4 heteroatoms. The van der Waals surface area contributed by atoms with E-state index in [1.165, 1.54) is 0 Å². The van der Waals surface area contributed by atoms with E-state index in [0.29, 0.717) is 10.9 Å². The normalized spacial score (nSPS) is 11.0. The molecule has 0 aliphatic rings. The minimum atomic E-state index is -0.961. The second-order valence-electron chi connectivity index (χ2n) is 6.20. The summed E-state index contributed by atoms with van der Waals surface area (Å²) >= 11 is 0. The van der Waals surface area contributed by atoms with Crippen molar-refractivity contribution in [1.29, 1.82) is 0 Å². The Balaban J connectivity index is 2.25. The predicted octanol–water partition coefficient (Wildman–Crippen LogP) is 4.00. The number of benzene rings is 3. The van der Waals surface area contributed by atoms with Crippen LogP contribution in [0.25, 0.3) is 32.9 Å². The van der Waals surface area contributed by atoms with Gasteiger partial charge in [-0.1, -0.05) is 42.5 Å². The molecule has 4 rings (SSSR count). The van der Waals surface area contributed by atoms with Gasteiger partial charge in [-0.25, -0.2) is 4.79 Å². The Kier molecular flexibility index (Phi) is 3.73. The van der Waals surface area contributed by atoms with Crippen LogP contribution in [0.2, 0.25) is 0 Å². The first-order valence-electron chi connectivity index (χ1n) is 8.24. The van der Waals surface area contributed by atoms with Crippen LogP contribution in [0.5, 0.6) is 0 Å². The van der Waals surface area contributed by atoms with E-state index in [0.717, 1.165) is 33.8 Å². The van der Waals surface area contributed by atoms with Crippen LogP contribution in [0.15, 0.2) is 66.7 Å². The topological polar surface area (TPSA) is 58.2 Å². The maximum Gasteiger partial charge on any atom is 0.336 e. The monoisotopic (exact) mass is 342 g/mol. The van der Waals surface area contributed by atoms with Gasteiger partial charge in [-0.3, -0.25) is 4.79 Å². The maximum absolute atomic E-state index is 11.9. The molecule has 0 radical (unpaired) electrons. The number of rotatable bonds is 3. The Morgan fingerprint density at radius 3 is 2.31 bits per heavy atom. The van der Waals surface area contributed by atoms with Crippen LogP contribution in [-0.2, 0) is 7.05 Å². The molecule has 0 saturated carbocycles. The summed E-state index contributed by atoms with van der Waals surface area (Å²) in [5.74, 6) is -0.961. The average molecular weight is 342 g/mol. The number of hydrogen-bond donors (Lipinski definition) is 1. The third kappa shape index (κ3) is 2.35. The molecule has 0 spiro atoms. The van der Waals surface area contributed by atoms with Crippen LogP contribution in [0, 0.1) is 0 Å². The van der Waals surface area contributed by atoms with Crippen LogP contribution in [0.3, 0.4) is 0 Å². The van der Waals surface area contributed by atoms with Gasteiger partial charge in [0.15, 0.2) is 0 Å². The molecule has 0 atom stereocenters. The number of hydrogen-bond acceptors (Lipinski definition) is 2. The fourth-order valence-electron chi connectivity index (χ4n) is 3.53. The van der Waals surface area contributed by atoms with E-state index in [9.17, 15) is 14.7 Å². The number of pyridine rings is 1. The van der Waals surface area contributed by atoms with Gasteiger partial charge in [0.25, 0.3) is 0 Å². The average Bonchev–Trinajstić information content (AvgIpc) is 2.68. The van der Waals surface area contributed by atoms with Crippen molar-refractivity contribution < 1.29 is 19.3 Å². The van der Waals surface area contributed by atoms with Crippen LogP contribution < -0.4 is 4.57 Å². The minimum Gasteiger partial charge on any atom is -0.478 e. The van der Waals surface area contributed by atoms with Crippen LogP contribution >= 0.6 is 0 Å². The fraction of sp³-hybridized carbons (Fsp3) is 0.0455. The number of aromatic carboxylic acids is 1. The molecular formula is C22H16NO3+. The standard InChI is InChI=1S/C22H15NO3/c1-23-18-7-3-2-5-16(18)20(15-11-9-14(13-24)10-12-15)21-17(22(25)26)6-4-8-19(21)23/h2-13H,1H3/p+1. The third-order valence-electron chi connectivity index (χ3n) is 4.75. The zero-order valence-electron chi connectivity index (χ0n) is 14.1. The van der Waals surface area contributed by atoms with Crippen molar-refractivity contribution in [1.82, 2.24) is 0 Å². The summed E-state index contributed by atoms with van der Waals surface area (Å²) in [5, 5.41) is 11.4. The first-order valence-corrected chi connectivity index (χ1v) is 8.24. The van der Waals surface area contributed by atoms with Gasteiger partial charge < -0.3 is 5.11 Å². The number of fused-ring (bicyclic) bond motifs is 2. The lowest BCUT2D eigenvalue weighted by Gasteiger charge is -2.12. The van der Waals surface area contributed by atoms with Gasteiger partial charge >= 0.3 is 5.97 Å². The maximum atomic E-state index is 11.9. The first-order chi connectivity index (χ1) is 12.6. The van der Waals surface area contributed by atoms with Crippen molar-refractivity contribution in [2.75, 3.05) is 0 Å². The highest BCUT2D eigenvalue weighted by atomic mass is 16.4. The van der Waals surface area contributed by atoms with Gasteiger partial charge in [-0.15, -0.1) is 0 Å². The van der Waals surface area contributed by atoms with Gasteiger partial charge in [0.1, 0.15) is 13.3 Å². The summed E-state index contributed by atoms with van der Waals surface area (Å²) in [5.41, 5.74) is 4.45. The lowest BCUT2D eigenvalue weighted by molar-refractivity contribution is -0.617. The number of aryl methyl sites for hydroxylation is 1. The fourth-order valence-corrected chi connectivity index (χ4v) is 3.53. The molecule has 0 amide bonds. The zero-order valence-corrected chi connectivity index (χ0v) is 14.1. The number of carbonyl (C=O) groups excluding carboxylic acids is 1. The Morgan fingerprint density at radius 2 is 1.62 bits per heavy atom. The number of nitrogens with zero attached hydrogens (tertiary/aromatic N) is 1. The molecule has 0 fully saturated rings. The highest BCUT2D eigenvalue weighted by molar-refractivity contribution is 6.14. The Bertz CT molecular complexity index is 1180. The first kappa shape index (κ1) is 16.0. The van der Waals surface area contributed by atoms with Crippen molar-refractivity contribution >= 4 is 34.1 Å². The van der Waals surface area contributed by atoms with Crippen LogP contribution in [-0.4, -0.2) is 17.4 Å². The van der Waals surface area contributed by atoms with Gasteiger partial charge in [-0.05, 0) is 17.7 Å². The largest absolute Gasteiger partial charge is 0.478 e. The number of carbonyl (C=O) groups is 2. The molecule has 0 unspecified atom stereocenters. The summed E-state index contributed by atoms with van der Waals surface area (Å²) < 4.78 is 2.01. The highest BCUT2D eigenvalue weighted by Crippen LogP contribution is 2.35. The number of para-hydroxylation sites is 1. The van der Waals surface area contributed by atoms with E-state index in [-0.39, 0.29) is 5.56 Å². The van der Waals surface area contributed by atoms with Gasteiger partial charge in [0.05, 0.1) is 16.3 Å². The smallest absolute Gasteiger partial charge is 0.336 e. The van der Waals surface area contributed by atoms with Crippen LogP contribution in [0.4, 0.5) is 0 Å². The molecule has 4 nitrogen and oxygen atoms in total. The van der Waals surface area contributed by atoms with Crippen molar-refractivity contribution in [2.24, 2.45) is 7.05 Å². The number of aldehydes is 1.